The SMILES string of the molecule is COc1c(C#N)cccc1[C@@H](C)NC(=O)OC(C)(C)C. The summed E-state index contributed by atoms with van der Waals surface area (Å²) in [6.45, 7) is 7.21. The van der Waals surface area contributed by atoms with Crippen molar-refractivity contribution < 1.29 is 14.3 Å². The third-order valence-corrected chi connectivity index (χ3v) is 2.57. The van der Waals surface area contributed by atoms with Crippen LogP contribution in [0.15, 0.2) is 18.2 Å². The minimum absolute atomic E-state index is 0.326. The molecule has 0 saturated heterocycles. The molecule has 0 aliphatic heterocycles. The number of benzene rings is 1. The lowest BCUT2D eigenvalue weighted by Gasteiger charge is -2.23. The number of alkyl carbamates (subject to hydrolysis) is 1. The van der Waals surface area contributed by atoms with E-state index < -0.39 is 11.7 Å². The fraction of sp³-hybridized carbons (Fsp3) is 0.467. The Morgan fingerprint density at radius 1 is 1.40 bits per heavy atom. The molecule has 108 valence electrons. The Kier molecular flexibility index (Phi) is 4.98. The van der Waals surface area contributed by atoms with Crippen LogP contribution in [0.4, 0.5) is 4.79 Å². The van der Waals surface area contributed by atoms with Gasteiger partial charge in [0.2, 0.25) is 0 Å². The lowest BCUT2D eigenvalue weighted by Crippen LogP contribution is -2.34. The number of rotatable bonds is 3. The second kappa shape index (κ2) is 6.29. The summed E-state index contributed by atoms with van der Waals surface area (Å²) >= 11 is 0. The van der Waals surface area contributed by atoms with Crippen molar-refractivity contribution in [3.05, 3.63) is 29.3 Å². The van der Waals surface area contributed by atoms with E-state index in [1.165, 1.54) is 7.11 Å². The predicted octanol–water partition coefficient (Wildman–Crippen LogP) is 3.15. The van der Waals surface area contributed by atoms with Gasteiger partial charge < -0.3 is 14.8 Å². The number of ether oxygens (including phenoxy) is 2. The zero-order valence-electron chi connectivity index (χ0n) is 12.5. The standard InChI is InChI=1S/C15H20N2O3/c1-10(17-14(18)20-15(2,3)4)12-8-6-7-11(9-16)13(12)19-5/h6-8,10H,1-5H3,(H,17,18)/t10-/m1/s1. The van der Waals surface area contributed by atoms with Crippen molar-refractivity contribution in [3.63, 3.8) is 0 Å². The molecule has 1 aromatic carbocycles. The average molecular weight is 276 g/mol. The maximum Gasteiger partial charge on any atom is 0.408 e. The van der Waals surface area contributed by atoms with Crippen molar-refractivity contribution in [2.75, 3.05) is 7.11 Å². The molecule has 0 aliphatic rings. The van der Waals surface area contributed by atoms with Crippen LogP contribution in [0.5, 0.6) is 5.75 Å². The van der Waals surface area contributed by atoms with Gasteiger partial charge in [0.15, 0.2) is 0 Å². The summed E-state index contributed by atoms with van der Waals surface area (Å²) in [5, 5.41) is 11.8. The van der Waals surface area contributed by atoms with Gasteiger partial charge in [0, 0.05) is 5.56 Å². The highest BCUT2D eigenvalue weighted by Crippen LogP contribution is 2.28. The zero-order chi connectivity index (χ0) is 15.3. The largest absolute Gasteiger partial charge is 0.495 e. The number of nitrogens with one attached hydrogen (secondary N) is 1. The van der Waals surface area contributed by atoms with Gasteiger partial charge in [-0.2, -0.15) is 5.26 Å². The molecule has 1 amide bonds. The van der Waals surface area contributed by atoms with E-state index in [2.05, 4.69) is 11.4 Å². The third-order valence-electron chi connectivity index (χ3n) is 2.57. The van der Waals surface area contributed by atoms with Crippen molar-refractivity contribution in [3.8, 4) is 11.8 Å². The first-order chi connectivity index (χ1) is 9.28. The van der Waals surface area contributed by atoms with Crippen LogP contribution in [0.3, 0.4) is 0 Å². The Bertz CT molecular complexity index is 527. The van der Waals surface area contributed by atoms with E-state index in [0.29, 0.717) is 11.3 Å². The number of nitriles is 1. The van der Waals surface area contributed by atoms with E-state index in [1.807, 2.05) is 13.0 Å². The summed E-state index contributed by atoms with van der Waals surface area (Å²) in [6.07, 6.45) is -0.505. The molecular formula is C15H20N2O3. The maximum absolute atomic E-state index is 11.8. The van der Waals surface area contributed by atoms with Crippen LogP contribution in [-0.4, -0.2) is 18.8 Å². The minimum Gasteiger partial charge on any atom is -0.495 e. The second-order valence-electron chi connectivity index (χ2n) is 5.41. The fourth-order valence-corrected chi connectivity index (χ4v) is 1.77. The lowest BCUT2D eigenvalue weighted by molar-refractivity contribution is 0.0507. The van der Waals surface area contributed by atoms with Crippen LogP contribution in [0, 0.1) is 11.3 Å². The molecule has 1 rings (SSSR count). The van der Waals surface area contributed by atoms with Gasteiger partial charge in [-0.1, -0.05) is 12.1 Å². The van der Waals surface area contributed by atoms with Crippen LogP contribution in [0.25, 0.3) is 0 Å². The number of para-hydroxylation sites is 1. The van der Waals surface area contributed by atoms with Gasteiger partial charge in [-0.15, -0.1) is 0 Å². The first kappa shape index (κ1) is 15.8. The third kappa shape index (κ3) is 4.16. The van der Waals surface area contributed by atoms with Crippen LogP contribution in [0.1, 0.15) is 44.9 Å². The molecule has 5 nitrogen and oxygen atoms in total. The van der Waals surface area contributed by atoms with Crippen molar-refractivity contribution >= 4 is 6.09 Å². The number of hydrogen-bond acceptors (Lipinski definition) is 4. The first-order valence-corrected chi connectivity index (χ1v) is 6.35. The molecule has 1 N–H and O–H groups in total. The number of carbonyl (C=O) groups is 1. The molecule has 0 unspecified atom stereocenters. The van der Waals surface area contributed by atoms with Crippen LogP contribution < -0.4 is 10.1 Å². The van der Waals surface area contributed by atoms with Gasteiger partial charge in [0.05, 0.1) is 18.7 Å². The summed E-state index contributed by atoms with van der Waals surface area (Å²) in [5.74, 6) is 0.471. The topological polar surface area (TPSA) is 71.3 Å². The van der Waals surface area contributed by atoms with E-state index >= 15 is 0 Å². The van der Waals surface area contributed by atoms with E-state index in [4.69, 9.17) is 14.7 Å². The molecule has 0 bridgehead atoms. The molecule has 0 radical (unpaired) electrons. The summed E-state index contributed by atoms with van der Waals surface area (Å²) in [4.78, 5) is 11.8. The molecule has 0 aromatic heterocycles. The number of hydrogen-bond donors (Lipinski definition) is 1. The quantitative estimate of drug-likeness (QED) is 0.920. The molecule has 0 fully saturated rings. The van der Waals surface area contributed by atoms with Gasteiger partial charge in [-0.3, -0.25) is 0 Å². The van der Waals surface area contributed by atoms with Gasteiger partial charge in [-0.25, -0.2) is 4.79 Å². The molecule has 0 spiro atoms. The van der Waals surface area contributed by atoms with Crippen LogP contribution in [-0.2, 0) is 4.74 Å². The van der Waals surface area contributed by atoms with Crippen molar-refractivity contribution in [2.45, 2.75) is 39.3 Å². The molecule has 20 heavy (non-hydrogen) atoms. The summed E-state index contributed by atoms with van der Waals surface area (Å²) in [6, 6.07) is 6.97. The Hall–Kier alpha value is -2.22. The van der Waals surface area contributed by atoms with E-state index in [-0.39, 0.29) is 6.04 Å². The molecule has 1 aromatic rings. The second-order valence-corrected chi connectivity index (χ2v) is 5.41. The highest BCUT2D eigenvalue weighted by molar-refractivity contribution is 5.68. The molecule has 0 saturated carbocycles. The lowest BCUT2D eigenvalue weighted by atomic mass is 10.0. The minimum atomic E-state index is -0.553. The van der Waals surface area contributed by atoms with Crippen LogP contribution in [0.2, 0.25) is 0 Å². The van der Waals surface area contributed by atoms with Crippen molar-refractivity contribution in [1.29, 1.82) is 5.26 Å². The Morgan fingerprint density at radius 2 is 2.05 bits per heavy atom. The summed E-state index contributed by atoms with van der Waals surface area (Å²) < 4.78 is 10.5. The van der Waals surface area contributed by atoms with Crippen molar-refractivity contribution in [1.82, 2.24) is 5.32 Å². The predicted molar refractivity (Wildman–Crippen MR) is 75.5 cm³/mol. The van der Waals surface area contributed by atoms with Gasteiger partial charge >= 0.3 is 6.09 Å². The first-order valence-electron chi connectivity index (χ1n) is 6.35. The molecule has 0 aliphatic carbocycles. The Labute approximate surface area is 119 Å². The highest BCUT2D eigenvalue weighted by atomic mass is 16.6. The highest BCUT2D eigenvalue weighted by Gasteiger charge is 2.20. The molecule has 0 heterocycles. The number of nitrogens with zero attached hydrogens (tertiary/aromatic N) is 1. The van der Waals surface area contributed by atoms with Gasteiger partial charge in [0.25, 0.3) is 0 Å². The van der Waals surface area contributed by atoms with Gasteiger partial charge in [0.1, 0.15) is 17.4 Å². The number of amides is 1. The Morgan fingerprint density at radius 3 is 2.55 bits per heavy atom. The normalized spacial score (nSPS) is 12.2. The fourth-order valence-electron chi connectivity index (χ4n) is 1.77. The summed E-state index contributed by atoms with van der Waals surface area (Å²) in [5.41, 5.74) is 0.614. The molecular weight excluding hydrogens is 256 g/mol. The average Bonchev–Trinajstić information content (AvgIpc) is 2.35. The number of carbonyl (C=O) groups excluding carboxylic acids is 1. The molecule has 1 atom stereocenters. The molecule has 5 heteroatoms. The maximum atomic E-state index is 11.8. The summed E-state index contributed by atoms with van der Waals surface area (Å²) in [7, 11) is 1.50. The Balaban J connectivity index is 2.91. The monoisotopic (exact) mass is 276 g/mol. The van der Waals surface area contributed by atoms with Gasteiger partial charge in [-0.05, 0) is 33.8 Å². The smallest absolute Gasteiger partial charge is 0.408 e. The van der Waals surface area contributed by atoms with E-state index in [0.717, 1.165) is 5.56 Å². The van der Waals surface area contributed by atoms with E-state index in [1.54, 1.807) is 32.9 Å². The zero-order valence-corrected chi connectivity index (χ0v) is 12.5. The van der Waals surface area contributed by atoms with Crippen molar-refractivity contribution in [2.24, 2.45) is 0 Å². The van der Waals surface area contributed by atoms with Crippen LogP contribution >= 0.6 is 0 Å². The van der Waals surface area contributed by atoms with E-state index in [9.17, 15) is 4.79 Å². The number of methoxy groups -OCH3 is 1.